The Bertz CT molecular complexity index is 804. The maximum Gasteiger partial charge on any atom is 0.215 e. The van der Waals surface area contributed by atoms with Crippen LogP contribution >= 0.6 is 11.3 Å². The van der Waals surface area contributed by atoms with Gasteiger partial charge in [-0.1, -0.05) is 48.5 Å². The Hall–Kier alpha value is -1.91. The highest BCUT2D eigenvalue weighted by atomic mass is 32.2. The number of sulfone groups is 1. The first-order valence-corrected chi connectivity index (χ1v) is 8.43. The van der Waals surface area contributed by atoms with Crippen LogP contribution in [-0.2, 0) is 9.84 Å². The molecule has 3 rings (SSSR count). The van der Waals surface area contributed by atoms with E-state index < -0.39 is 9.84 Å². The second-order valence-corrected chi connectivity index (χ2v) is 7.56. The van der Waals surface area contributed by atoms with Crippen molar-refractivity contribution >= 4 is 21.2 Å². The van der Waals surface area contributed by atoms with Crippen LogP contribution in [0.2, 0.25) is 0 Å². The minimum Gasteiger partial charge on any atom is -0.218 e. The van der Waals surface area contributed by atoms with Gasteiger partial charge in [0.1, 0.15) is 4.21 Å². The zero-order valence-corrected chi connectivity index (χ0v) is 12.2. The lowest BCUT2D eigenvalue weighted by Gasteiger charge is -2.00. The summed E-state index contributed by atoms with van der Waals surface area (Å²) in [7, 11) is -3.41. The Kier molecular flexibility index (Phi) is 3.42. The molecule has 0 saturated heterocycles. The molecule has 2 aromatic carbocycles. The van der Waals surface area contributed by atoms with Crippen molar-refractivity contribution in [2.45, 2.75) is 9.10 Å². The summed E-state index contributed by atoms with van der Waals surface area (Å²) >= 11 is 1.30. The monoisotopic (exact) mass is 300 g/mol. The second kappa shape index (κ2) is 5.23. The summed E-state index contributed by atoms with van der Waals surface area (Å²) in [6.45, 7) is 0. The molecule has 0 radical (unpaired) electrons. The molecule has 0 spiro atoms. The Balaban J connectivity index is 2.03. The fourth-order valence-corrected chi connectivity index (χ4v) is 4.67. The van der Waals surface area contributed by atoms with E-state index in [0.29, 0.717) is 9.10 Å². The van der Waals surface area contributed by atoms with Crippen LogP contribution in [0.5, 0.6) is 0 Å². The van der Waals surface area contributed by atoms with Crippen molar-refractivity contribution in [2.24, 2.45) is 0 Å². The molecular weight excluding hydrogens is 288 g/mol. The average Bonchev–Trinajstić information content (AvgIpc) is 3.00. The van der Waals surface area contributed by atoms with E-state index in [1.165, 1.54) is 11.3 Å². The largest absolute Gasteiger partial charge is 0.218 e. The number of hydrogen-bond donors (Lipinski definition) is 0. The Morgan fingerprint density at radius 1 is 0.700 bits per heavy atom. The lowest BCUT2D eigenvalue weighted by atomic mass is 10.2. The summed E-state index contributed by atoms with van der Waals surface area (Å²) in [6.07, 6.45) is 0. The molecule has 0 N–H and O–H groups in total. The van der Waals surface area contributed by atoms with E-state index in [1.807, 2.05) is 42.5 Å². The fourth-order valence-electron chi connectivity index (χ4n) is 1.94. The molecule has 0 bridgehead atoms. The van der Waals surface area contributed by atoms with Gasteiger partial charge in [0.25, 0.3) is 0 Å². The smallest absolute Gasteiger partial charge is 0.215 e. The molecule has 0 saturated carbocycles. The van der Waals surface area contributed by atoms with Gasteiger partial charge in [-0.3, -0.25) is 0 Å². The predicted molar refractivity (Wildman–Crippen MR) is 81.6 cm³/mol. The molecular formula is C16H12O2S2. The highest BCUT2D eigenvalue weighted by Crippen LogP contribution is 2.33. The van der Waals surface area contributed by atoms with Gasteiger partial charge in [0, 0.05) is 4.88 Å². The third kappa shape index (κ3) is 2.40. The van der Waals surface area contributed by atoms with Gasteiger partial charge in [-0.15, -0.1) is 11.3 Å². The van der Waals surface area contributed by atoms with Gasteiger partial charge in [-0.25, -0.2) is 8.42 Å². The summed E-state index contributed by atoms with van der Waals surface area (Å²) in [4.78, 5) is 1.29. The number of thiophene rings is 1. The normalized spacial score (nSPS) is 11.4. The molecule has 20 heavy (non-hydrogen) atoms. The third-order valence-electron chi connectivity index (χ3n) is 2.96. The topological polar surface area (TPSA) is 34.1 Å². The van der Waals surface area contributed by atoms with E-state index in [0.717, 1.165) is 10.4 Å². The van der Waals surface area contributed by atoms with Crippen molar-refractivity contribution in [3.8, 4) is 10.4 Å². The number of hydrogen-bond acceptors (Lipinski definition) is 3. The van der Waals surface area contributed by atoms with Crippen molar-refractivity contribution in [3.63, 3.8) is 0 Å². The molecule has 0 aliphatic carbocycles. The first-order valence-electron chi connectivity index (χ1n) is 6.13. The minimum absolute atomic E-state index is 0.335. The molecule has 0 aliphatic rings. The predicted octanol–water partition coefficient (Wildman–Crippen LogP) is 4.25. The molecule has 100 valence electrons. The van der Waals surface area contributed by atoms with Gasteiger partial charge < -0.3 is 0 Å². The van der Waals surface area contributed by atoms with Gasteiger partial charge in [0.05, 0.1) is 4.90 Å². The minimum atomic E-state index is -3.41. The standard InChI is InChI=1S/C16H12O2S2/c17-20(18,14-9-5-2-6-10-14)16-12-11-15(19-16)13-7-3-1-4-8-13/h1-12H. The van der Waals surface area contributed by atoms with Crippen LogP contribution in [0.15, 0.2) is 81.9 Å². The highest BCUT2D eigenvalue weighted by molar-refractivity contribution is 7.93. The molecule has 0 unspecified atom stereocenters. The molecule has 0 aliphatic heterocycles. The summed E-state index contributed by atoms with van der Waals surface area (Å²) in [5, 5.41) is 0. The molecule has 3 aromatic rings. The second-order valence-electron chi connectivity index (χ2n) is 4.30. The first kappa shape index (κ1) is 13.1. The van der Waals surface area contributed by atoms with Crippen molar-refractivity contribution < 1.29 is 8.42 Å². The van der Waals surface area contributed by atoms with Crippen LogP contribution in [0.4, 0.5) is 0 Å². The van der Waals surface area contributed by atoms with Crippen LogP contribution in [0.25, 0.3) is 10.4 Å². The van der Waals surface area contributed by atoms with Crippen LogP contribution < -0.4 is 0 Å². The summed E-state index contributed by atoms with van der Waals surface area (Å²) in [5.41, 5.74) is 1.03. The number of rotatable bonds is 3. The number of benzene rings is 2. The van der Waals surface area contributed by atoms with E-state index in [4.69, 9.17) is 0 Å². The van der Waals surface area contributed by atoms with Crippen LogP contribution in [0.1, 0.15) is 0 Å². The van der Waals surface area contributed by atoms with E-state index in [2.05, 4.69) is 0 Å². The Morgan fingerprint density at radius 2 is 1.30 bits per heavy atom. The first-order chi connectivity index (χ1) is 9.68. The molecule has 1 heterocycles. The van der Waals surface area contributed by atoms with Crippen molar-refractivity contribution in [3.05, 3.63) is 72.8 Å². The van der Waals surface area contributed by atoms with Gasteiger partial charge in [0.15, 0.2) is 0 Å². The molecule has 2 nitrogen and oxygen atoms in total. The summed E-state index contributed by atoms with van der Waals surface area (Å²) < 4.78 is 25.4. The lowest BCUT2D eigenvalue weighted by Crippen LogP contribution is -1.98. The van der Waals surface area contributed by atoms with Gasteiger partial charge in [-0.05, 0) is 29.8 Å². The van der Waals surface area contributed by atoms with Crippen molar-refractivity contribution in [2.75, 3.05) is 0 Å². The maximum absolute atomic E-state index is 12.5. The van der Waals surface area contributed by atoms with E-state index in [9.17, 15) is 8.42 Å². The lowest BCUT2D eigenvalue weighted by molar-refractivity contribution is 0.598. The van der Waals surface area contributed by atoms with Crippen molar-refractivity contribution in [1.82, 2.24) is 0 Å². The summed E-state index contributed by atoms with van der Waals surface area (Å²) in [5.74, 6) is 0. The van der Waals surface area contributed by atoms with Gasteiger partial charge in [0.2, 0.25) is 9.84 Å². The SMILES string of the molecule is O=S(=O)(c1ccccc1)c1ccc(-c2ccccc2)s1. The van der Waals surface area contributed by atoms with E-state index >= 15 is 0 Å². The molecule has 1 aromatic heterocycles. The molecule has 0 atom stereocenters. The zero-order valence-electron chi connectivity index (χ0n) is 10.6. The van der Waals surface area contributed by atoms with Crippen molar-refractivity contribution in [1.29, 1.82) is 0 Å². The Morgan fingerprint density at radius 3 is 1.95 bits per heavy atom. The van der Waals surface area contributed by atoms with Gasteiger partial charge in [-0.2, -0.15) is 0 Å². The fraction of sp³-hybridized carbons (Fsp3) is 0. The van der Waals surface area contributed by atoms with Crippen LogP contribution in [0, 0.1) is 0 Å². The van der Waals surface area contributed by atoms with Crippen LogP contribution in [-0.4, -0.2) is 8.42 Å². The highest BCUT2D eigenvalue weighted by Gasteiger charge is 2.19. The van der Waals surface area contributed by atoms with E-state index in [-0.39, 0.29) is 0 Å². The van der Waals surface area contributed by atoms with E-state index in [1.54, 1.807) is 30.3 Å². The van der Waals surface area contributed by atoms with Gasteiger partial charge >= 0.3 is 0 Å². The molecule has 4 heteroatoms. The zero-order chi connectivity index (χ0) is 14.0. The summed E-state index contributed by atoms with van der Waals surface area (Å²) in [6, 6.07) is 21.8. The maximum atomic E-state index is 12.5. The molecule has 0 fully saturated rings. The third-order valence-corrected chi connectivity index (χ3v) is 6.35. The molecule has 0 amide bonds. The quantitative estimate of drug-likeness (QED) is 0.724. The van der Waals surface area contributed by atoms with Crippen LogP contribution in [0.3, 0.4) is 0 Å². The average molecular weight is 300 g/mol. The Labute approximate surface area is 122 Å².